The van der Waals surface area contributed by atoms with Gasteiger partial charge in [-0.25, -0.2) is 4.79 Å². The monoisotopic (exact) mass is 311 g/mol. The quantitative estimate of drug-likeness (QED) is 0.929. The van der Waals surface area contributed by atoms with Crippen molar-refractivity contribution in [2.75, 3.05) is 7.05 Å². The third-order valence-corrected chi connectivity index (χ3v) is 3.55. The van der Waals surface area contributed by atoms with E-state index in [-0.39, 0.29) is 11.8 Å². The Hall–Kier alpha value is -1.36. The molecule has 0 bridgehead atoms. The molecule has 96 valence electrons. The summed E-state index contributed by atoms with van der Waals surface area (Å²) in [5, 5.41) is 9.33. The minimum atomic E-state index is -1.01. The highest BCUT2D eigenvalue weighted by Crippen LogP contribution is 2.33. The van der Waals surface area contributed by atoms with Crippen LogP contribution in [0.1, 0.15) is 24.4 Å². The Morgan fingerprint density at radius 2 is 2.11 bits per heavy atom. The van der Waals surface area contributed by atoms with Crippen molar-refractivity contribution < 1.29 is 14.7 Å². The molecule has 0 radical (unpaired) electrons. The van der Waals surface area contributed by atoms with Gasteiger partial charge in [-0.3, -0.25) is 4.79 Å². The van der Waals surface area contributed by atoms with Gasteiger partial charge in [-0.2, -0.15) is 0 Å². The molecule has 0 aliphatic heterocycles. The molecule has 1 aliphatic carbocycles. The van der Waals surface area contributed by atoms with Crippen LogP contribution in [0, 0.1) is 5.92 Å². The van der Waals surface area contributed by atoms with Gasteiger partial charge in [-0.15, -0.1) is 0 Å². The number of nitrogens with zero attached hydrogens (tertiary/aromatic N) is 1. The van der Waals surface area contributed by atoms with Gasteiger partial charge >= 0.3 is 5.97 Å². The number of aliphatic carboxylic acids is 1. The molecule has 1 amide bonds. The molecule has 0 spiro atoms. The number of carbonyl (C=O) groups is 2. The molecule has 4 nitrogen and oxygen atoms in total. The number of hydrogen-bond acceptors (Lipinski definition) is 2. The molecule has 0 heterocycles. The third-order valence-electron chi connectivity index (χ3n) is 3.06. The summed E-state index contributed by atoms with van der Waals surface area (Å²) >= 11 is 3.31. The van der Waals surface area contributed by atoms with E-state index in [2.05, 4.69) is 15.9 Å². The maximum absolute atomic E-state index is 12.0. The SMILES string of the molecule is CN(C(=O)C1CC1)C(C(=O)O)c1cccc(Br)c1. The second kappa shape index (κ2) is 5.10. The van der Waals surface area contributed by atoms with Gasteiger partial charge in [-0.1, -0.05) is 28.1 Å². The fraction of sp³-hybridized carbons (Fsp3) is 0.385. The first-order valence-corrected chi connectivity index (χ1v) is 6.55. The summed E-state index contributed by atoms with van der Waals surface area (Å²) in [5.74, 6) is -1.07. The van der Waals surface area contributed by atoms with Gasteiger partial charge in [0.05, 0.1) is 0 Å². The highest BCUT2D eigenvalue weighted by Gasteiger charge is 2.37. The lowest BCUT2D eigenvalue weighted by Crippen LogP contribution is -2.36. The average Bonchev–Trinajstić information content (AvgIpc) is 3.11. The summed E-state index contributed by atoms with van der Waals surface area (Å²) in [5.41, 5.74) is 0.605. The number of halogens is 1. The van der Waals surface area contributed by atoms with E-state index >= 15 is 0 Å². The smallest absolute Gasteiger partial charge is 0.331 e. The normalized spacial score (nSPS) is 16.1. The van der Waals surface area contributed by atoms with E-state index in [0.29, 0.717) is 5.56 Å². The Labute approximate surface area is 114 Å². The lowest BCUT2D eigenvalue weighted by Gasteiger charge is -2.25. The molecule has 1 unspecified atom stereocenters. The molecule has 0 saturated heterocycles. The molecule has 1 fully saturated rings. The number of amides is 1. The van der Waals surface area contributed by atoms with Gasteiger partial charge in [-0.05, 0) is 30.5 Å². The van der Waals surface area contributed by atoms with Gasteiger partial charge < -0.3 is 10.0 Å². The molecule has 1 atom stereocenters. The maximum atomic E-state index is 12.0. The van der Waals surface area contributed by atoms with Crippen LogP contribution >= 0.6 is 15.9 Å². The molecule has 1 aromatic rings. The molecule has 1 saturated carbocycles. The van der Waals surface area contributed by atoms with Gasteiger partial charge in [0.25, 0.3) is 0 Å². The predicted molar refractivity (Wildman–Crippen MR) is 70.0 cm³/mol. The van der Waals surface area contributed by atoms with E-state index in [1.165, 1.54) is 4.90 Å². The number of likely N-dealkylation sites (N-methyl/N-ethyl adjacent to an activating group) is 1. The van der Waals surface area contributed by atoms with E-state index in [0.717, 1.165) is 17.3 Å². The van der Waals surface area contributed by atoms with Crippen molar-refractivity contribution in [2.45, 2.75) is 18.9 Å². The third kappa shape index (κ3) is 2.72. The van der Waals surface area contributed by atoms with Crippen LogP contribution in [0.5, 0.6) is 0 Å². The van der Waals surface area contributed by atoms with Crippen LogP contribution in [-0.4, -0.2) is 28.9 Å². The van der Waals surface area contributed by atoms with Gasteiger partial charge in [0.2, 0.25) is 5.91 Å². The summed E-state index contributed by atoms with van der Waals surface area (Å²) in [6.07, 6.45) is 1.74. The molecule has 2 rings (SSSR count). The Kier molecular flexibility index (Phi) is 3.71. The first kappa shape index (κ1) is 13.1. The van der Waals surface area contributed by atoms with Crippen LogP contribution in [0.4, 0.5) is 0 Å². The zero-order valence-corrected chi connectivity index (χ0v) is 11.6. The van der Waals surface area contributed by atoms with Crippen molar-refractivity contribution in [2.24, 2.45) is 5.92 Å². The van der Waals surface area contributed by atoms with Crippen LogP contribution < -0.4 is 0 Å². The van der Waals surface area contributed by atoms with Crippen molar-refractivity contribution in [1.29, 1.82) is 0 Å². The Morgan fingerprint density at radius 3 is 2.61 bits per heavy atom. The highest BCUT2D eigenvalue weighted by molar-refractivity contribution is 9.10. The van der Waals surface area contributed by atoms with E-state index in [9.17, 15) is 14.7 Å². The summed E-state index contributed by atoms with van der Waals surface area (Å²) < 4.78 is 0.804. The summed E-state index contributed by atoms with van der Waals surface area (Å²) in [6, 6.07) is 6.13. The summed E-state index contributed by atoms with van der Waals surface area (Å²) in [7, 11) is 1.56. The van der Waals surface area contributed by atoms with Crippen LogP contribution in [0.3, 0.4) is 0 Å². The lowest BCUT2D eigenvalue weighted by atomic mass is 10.1. The lowest BCUT2D eigenvalue weighted by molar-refractivity contribution is -0.149. The highest BCUT2D eigenvalue weighted by atomic mass is 79.9. The Bertz CT molecular complexity index is 485. The molecule has 0 aromatic heterocycles. The van der Waals surface area contributed by atoms with E-state index in [1.54, 1.807) is 25.2 Å². The van der Waals surface area contributed by atoms with Crippen LogP contribution in [-0.2, 0) is 9.59 Å². The van der Waals surface area contributed by atoms with Crippen molar-refractivity contribution in [3.63, 3.8) is 0 Å². The largest absolute Gasteiger partial charge is 0.479 e. The molecular weight excluding hydrogens is 298 g/mol. The maximum Gasteiger partial charge on any atom is 0.331 e. The molecule has 18 heavy (non-hydrogen) atoms. The van der Waals surface area contributed by atoms with Gasteiger partial charge in [0.1, 0.15) is 0 Å². The van der Waals surface area contributed by atoms with Crippen LogP contribution in [0.2, 0.25) is 0 Å². The van der Waals surface area contributed by atoms with E-state index < -0.39 is 12.0 Å². The fourth-order valence-corrected chi connectivity index (χ4v) is 2.37. The summed E-state index contributed by atoms with van der Waals surface area (Å²) in [6.45, 7) is 0. The minimum absolute atomic E-state index is 0.0176. The molecule has 1 aromatic carbocycles. The second-order valence-electron chi connectivity index (χ2n) is 4.52. The number of carbonyl (C=O) groups excluding carboxylic acids is 1. The van der Waals surface area contributed by atoms with E-state index in [4.69, 9.17) is 0 Å². The fourth-order valence-electron chi connectivity index (χ4n) is 1.95. The first-order chi connectivity index (χ1) is 8.50. The Morgan fingerprint density at radius 1 is 1.44 bits per heavy atom. The second-order valence-corrected chi connectivity index (χ2v) is 5.43. The summed E-state index contributed by atoms with van der Waals surface area (Å²) in [4.78, 5) is 24.7. The van der Waals surface area contributed by atoms with Crippen molar-refractivity contribution in [3.8, 4) is 0 Å². The topological polar surface area (TPSA) is 57.6 Å². The number of carboxylic acid groups (broad SMARTS) is 1. The molecular formula is C13H14BrNO3. The first-order valence-electron chi connectivity index (χ1n) is 5.75. The standard InChI is InChI=1S/C13H14BrNO3/c1-15(12(16)8-5-6-8)11(13(17)18)9-3-2-4-10(14)7-9/h2-4,7-8,11H,5-6H2,1H3,(H,17,18). The predicted octanol–water partition coefficient (Wildman–Crippen LogP) is 2.44. The Balaban J connectivity index is 2.27. The number of carboxylic acids is 1. The molecule has 5 heteroatoms. The molecule has 1 aliphatic rings. The zero-order valence-electron chi connectivity index (χ0n) is 9.97. The number of rotatable bonds is 4. The van der Waals surface area contributed by atoms with Crippen molar-refractivity contribution in [3.05, 3.63) is 34.3 Å². The van der Waals surface area contributed by atoms with Crippen LogP contribution in [0.15, 0.2) is 28.7 Å². The zero-order chi connectivity index (χ0) is 13.3. The van der Waals surface area contributed by atoms with Gasteiger partial charge in [0.15, 0.2) is 6.04 Å². The van der Waals surface area contributed by atoms with Crippen molar-refractivity contribution in [1.82, 2.24) is 4.90 Å². The number of benzene rings is 1. The van der Waals surface area contributed by atoms with Gasteiger partial charge in [0, 0.05) is 17.4 Å². The van der Waals surface area contributed by atoms with Crippen LogP contribution in [0.25, 0.3) is 0 Å². The molecule has 1 N–H and O–H groups in total. The van der Waals surface area contributed by atoms with E-state index in [1.807, 2.05) is 6.07 Å². The average molecular weight is 312 g/mol. The minimum Gasteiger partial charge on any atom is -0.479 e. The number of hydrogen-bond donors (Lipinski definition) is 1. The van der Waals surface area contributed by atoms with Crippen molar-refractivity contribution >= 4 is 27.8 Å².